The Bertz CT molecular complexity index is 134. The van der Waals surface area contributed by atoms with E-state index in [1.165, 1.54) is 38.5 Å². The molecule has 0 rings (SSSR count). The van der Waals surface area contributed by atoms with Gasteiger partial charge in [0.05, 0.1) is 6.61 Å². The molecule has 1 nitrogen and oxygen atoms in total. The zero-order valence-electron chi connectivity index (χ0n) is 9.90. The van der Waals surface area contributed by atoms with Crippen molar-refractivity contribution in [1.82, 2.24) is 0 Å². The molecule has 0 bridgehead atoms. The summed E-state index contributed by atoms with van der Waals surface area (Å²) in [7, 11) is 0. The van der Waals surface area contributed by atoms with Crippen LogP contribution in [0.5, 0.6) is 0 Å². The van der Waals surface area contributed by atoms with Crippen LogP contribution in [0.15, 0.2) is 0 Å². The first-order chi connectivity index (χ1) is 7.77. The molecule has 0 aliphatic carbocycles. The van der Waals surface area contributed by atoms with Crippen molar-refractivity contribution in [3.05, 3.63) is 0 Å². The molecule has 0 unspecified atom stereocenters. The van der Waals surface area contributed by atoms with Gasteiger partial charge in [-0.05, 0) is 12.8 Å². The van der Waals surface area contributed by atoms with Gasteiger partial charge in [0.1, 0.15) is 0 Å². The average Bonchev–Trinajstić information content (AvgIpc) is 2.25. The Morgan fingerprint density at radius 2 is 1.19 bits per heavy atom. The number of unbranched alkanes of at least 4 members (excludes halogenated alkanes) is 8. The number of halogens is 3. The summed E-state index contributed by atoms with van der Waals surface area (Å²) in [6.07, 6.45) is 10.6. The third kappa shape index (κ3) is 14.3. The SMILES string of the molecule is FC(F)OCCCCCCCCCCCBr. The number of alkyl halides is 3. The summed E-state index contributed by atoms with van der Waals surface area (Å²) in [5.41, 5.74) is 0. The molecule has 0 fully saturated rings. The van der Waals surface area contributed by atoms with Crippen LogP contribution in [-0.4, -0.2) is 18.5 Å². The maximum atomic E-state index is 11.6. The highest BCUT2D eigenvalue weighted by molar-refractivity contribution is 9.09. The maximum absolute atomic E-state index is 11.6. The molecule has 0 atom stereocenters. The van der Waals surface area contributed by atoms with Crippen molar-refractivity contribution in [3.8, 4) is 0 Å². The van der Waals surface area contributed by atoms with E-state index in [1.54, 1.807) is 0 Å². The average molecular weight is 301 g/mol. The molecule has 0 aliphatic heterocycles. The molecule has 0 spiro atoms. The Hall–Kier alpha value is 0.300. The maximum Gasteiger partial charge on any atom is 0.345 e. The minimum absolute atomic E-state index is 0.197. The highest BCUT2D eigenvalue weighted by Crippen LogP contribution is 2.10. The molecule has 0 aromatic heterocycles. The van der Waals surface area contributed by atoms with E-state index < -0.39 is 6.61 Å². The number of hydrogen-bond donors (Lipinski definition) is 0. The van der Waals surface area contributed by atoms with Crippen LogP contribution in [0, 0.1) is 0 Å². The second-order valence-electron chi connectivity index (χ2n) is 4.00. The van der Waals surface area contributed by atoms with Gasteiger partial charge in [-0.3, -0.25) is 0 Å². The minimum atomic E-state index is -2.60. The van der Waals surface area contributed by atoms with E-state index in [4.69, 9.17) is 0 Å². The molecule has 4 heteroatoms. The lowest BCUT2D eigenvalue weighted by Gasteiger charge is -2.03. The zero-order valence-corrected chi connectivity index (χ0v) is 11.5. The largest absolute Gasteiger partial charge is 0.345 e. The zero-order chi connectivity index (χ0) is 12.1. The van der Waals surface area contributed by atoms with Crippen LogP contribution in [0.3, 0.4) is 0 Å². The van der Waals surface area contributed by atoms with E-state index in [0.717, 1.165) is 24.6 Å². The Morgan fingerprint density at radius 3 is 1.62 bits per heavy atom. The fourth-order valence-electron chi connectivity index (χ4n) is 1.61. The van der Waals surface area contributed by atoms with E-state index in [1.807, 2.05) is 0 Å². The van der Waals surface area contributed by atoms with Crippen molar-refractivity contribution in [1.29, 1.82) is 0 Å². The summed E-state index contributed by atoms with van der Waals surface area (Å²) >= 11 is 3.41. The van der Waals surface area contributed by atoms with Crippen LogP contribution in [0.1, 0.15) is 57.8 Å². The van der Waals surface area contributed by atoms with Crippen molar-refractivity contribution >= 4 is 15.9 Å². The van der Waals surface area contributed by atoms with Crippen molar-refractivity contribution < 1.29 is 13.5 Å². The minimum Gasteiger partial charge on any atom is -0.323 e. The van der Waals surface area contributed by atoms with E-state index in [0.29, 0.717) is 0 Å². The van der Waals surface area contributed by atoms with Gasteiger partial charge in [-0.1, -0.05) is 60.9 Å². The number of rotatable bonds is 12. The van der Waals surface area contributed by atoms with Crippen LogP contribution in [0.25, 0.3) is 0 Å². The van der Waals surface area contributed by atoms with Crippen molar-refractivity contribution in [2.24, 2.45) is 0 Å². The molecule has 0 aromatic rings. The highest BCUT2D eigenvalue weighted by atomic mass is 79.9. The second kappa shape index (κ2) is 13.4. The summed E-state index contributed by atoms with van der Waals surface area (Å²) < 4.78 is 27.3. The smallest absolute Gasteiger partial charge is 0.323 e. The van der Waals surface area contributed by atoms with Gasteiger partial charge in [0.15, 0.2) is 0 Å². The summed E-state index contributed by atoms with van der Waals surface area (Å²) in [6, 6.07) is 0. The van der Waals surface area contributed by atoms with Gasteiger partial charge < -0.3 is 4.74 Å². The van der Waals surface area contributed by atoms with E-state index in [9.17, 15) is 8.78 Å². The molecular weight excluding hydrogens is 278 g/mol. The predicted molar refractivity (Wildman–Crippen MR) is 67.3 cm³/mol. The lowest BCUT2D eigenvalue weighted by molar-refractivity contribution is -0.129. The van der Waals surface area contributed by atoms with Gasteiger partial charge in [-0.15, -0.1) is 0 Å². The molecule has 0 radical (unpaired) electrons. The molecular formula is C12H23BrF2O. The summed E-state index contributed by atoms with van der Waals surface area (Å²) in [6.45, 7) is -2.41. The van der Waals surface area contributed by atoms with Gasteiger partial charge in [0, 0.05) is 5.33 Å². The third-order valence-electron chi connectivity index (χ3n) is 2.52. The third-order valence-corrected chi connectivity index (χ3v) is 3.08. The lowest BCUT2D eigenvalue weighted by atomic mass is 10.1. The number of ether oxygens (including phenoxy) is 1. The normalized spacial score (nSPS) is 11.2. The molecule has 0 saturated heterocycles. The van der Waals surface area contributed by atoms with Crippen LogP contribution < -0.4 is 0 Å². The second-order valence-corrected chi connectivity index (χ2v) is 4.80. The highest BCUT2D eigenvalue weighted by Gasteiger charge is 1.99. The number of hydrogen-bond acceptors (Lipinski definition) is 1. The topological polar surface area (TPSA) is 9.23 Å². The first-order valence-corrected chi connectivity index (χ1v) is 7.35. The molecule has 16 heavy (non-hydrogen) atoms. The first kappa shape index (κ1) is 16.3. The van der Waals surface area contributed by atoms with Gasteiger partial charge >= 0.3 is 6.61 Å². The molecule has 0 saturated carbocycles. The fraction of sp³-hybridized carbons (Fsp3) is 1.00. The van der Waals surface area contributed by atoms with Crippen molar-refractivity contribution in [2.45, 2.75) is 64.4 Å². The summed E-state index contributed by atoms with van der Waals surface area (Å²) in [4.78, 5) is 0. The Balaban J connectivity index is 2.88. The molecule has 0 heterocycles. The van der Waals surface area contributed by atoms with E-state index in [-0.39, 0.29) is 6.61 Å². The quantitative estimate of drug-likeness (QED) is 0.358. The van der Waals surface area contributed by atoms with Crippen molar-refractivity contribution in [2.75, 3.05) is 11.9 Å². The van der Waals surface area contributed by atoms with E-state index in [2.05, 4.69) is 20.7 Å². The fourth-order valence-corrected chi connectivity index (χ4v) is 2.00. The van der Waals surface area contributed by atoms with Gasteiger partial charge in [-0.2, -0.15) is 8.78 Å². The Morgan fingerprint density at radius 1 is 0.750 bits per heavy atom. The van der Waals surface area contributed by atoms with E-state index >= 15 is 0 Å². The van der Waals surface area contributed by atoms with Crippen LogP contribution >= 0.6 is 15.9 Å². The monoisotopic (exact) mass is 300 g/mol. The van der Waals surface area contributed by atoms with Crippen LogP contribution in [0.4, 0.5) is 8.78 Å². The molecule has 98 valence electrons. The van der Waals surface area contributed by atoms with Crippen LogP contribution in [0.2, 0.25) is 0 Å². The summed E-state index contributed by atoms with van der Waals surface area (Å²) in [5, 5.41) is 1.11. The lowest BCUT2D eigenvalue weighted by Crippen LogP contribution is -2.00. The molecule has 0 N–H and O–H groups in total. The Kier molecular flexibility index (Phi) is 13.6. The van der Waals surface area contributed by atoms with Crippen molar-refractivity contribution in [3.63, 3.8) is 0 Å². The molecule has 0 aliphatic rings. The van der Waals surface area contributed by atoms with Gasteiger partial charge in [0.2, 0.25) is 0 Å². The molecule has 0 aromatic carbocycles. The first-order valence-electron chi connectivity index (χ1n) is 6.23. The van der Waals surface area contributed by atoms with Gasteiger partial charge in [0.25, 0.3) is 0 Å². The molecule has 0 amide bonds. The van der Waals surface area contributed by atoms with Crippen LogP contribution in [-0.2, 0) is 4.74 Å². The standard InChI is InChI=1S/C12H23BrF2O/c13-10-8-6-4-2-1-3-5-7-9-11-16-12(14)15/h12H,1-11H2. The van der Waals surface area contributed by atoms with Gasteiger partial charge in [-0.25, -0.2) is 0 Å². The Labute approximate surface area is 106 Å². The predicted octanol–water partition coefficient (Wildman–Crippen LogP) is 5.13. The summed E-state index contributed by atoms with van der Waals surface area (Å²) in [5.74, 6) is 0.